The summed E-state index contributed by atoms with van der Waals surface area (Å²) in [6.45, 7) is 1.37. The van der Waals surface area contributed by atoms with E-state index in [4.69, 9.17) is 21.8 Å². The molecule has 28 heavy (non-hydrogen) atoms. The van der Waals surface area contributed by atoms with E-state index in [1.807, 2.05) is 4.90 Å². The zero-order chi connectivity index (χ0) is 20.1. The molecule has 1 aliphatic rings. The van der Waals surface area contributed by atoms with Gasteiger partial charge in [-0.3, -0.25) is 9.69 Å². The number of anilines is 1. The Labute approximate surface area is 165 Å². The first kappa shape index (κ1) is 18.9. The van der Waals surface area contributed by atoms with Crippen molar-refractivity contribution in [1.82, 2.24) is 14.9 Å². The smallest absolute Gasteiger partial charge is 0.246 e. The summed E-state index contributed by atoms with van der Waals surface area (Å²) in [5, 5.41) is 0.660. The number of hydrogen-bond donors (Lipinski definition) is 1. The topological polar surface area (TPSA) is 119 Å². The highest BCUT2D eigenvalue weighted by Gasteiger charge is 2.23. The van der Waals surface area contributed by atoms with Crippen molar-refractivity contribution in [2.24, 2.45) is 0 Å². The number of nitrogens with two attached hydrogens (primary N) is 1. The molecule has 0 fully saturated rings. The fraction of sp³-hybridized carbons (Fsp3) is 0.278. The Bertz CT molecular complexity index is 1260. The highest BCUT2D eigenvalue weighted by atomic mass is 35.5. The summed E-state index contributed by atoms with van der Waals surface area (Å²) >= 11 is 6.00. The third-order valence-electron chi connectivity index (χ3n) is 4.68. The predicted octanol–water partition coefficient (Wildman–Crippen LogP) is 1.78. The lowest BCUT2D eigenvalue weighted by Crippen LogP contribution is -2.33. The van der Waals surface area contributed by atoms with Gasteiger partial charge in [0.2, 0.25) is 15.0 Å². The minimum Gasteiger partial charge on any atom is -0.440 e. The number of hydrogen-bond acceptors (Lipinski definition) is 8. The van der Waals surface area contributed by atoms with Gasteiger partial charge < -0.3 is 10.2 Å². The Hall–Kier alpha value is -2.49. The average Bonchev–Trinajstić information content (AvgIpc) is 2.64. The maximum Gasteiger partial charge on any atom is 0.246 e. The fourth-order valence-corrected chi connectivity index (χ4v) is 3.96. The summed E-state index contributed by atoms with van der Waals surface area (Å²) in [5.74, 6) is 0.0780. The molecule has 2 N–H and O–H groups in total. The van der Waals surface area contributed by atoms with Gasteiger partial charge in [0.25, 0.3) is 0 Å². The Morgan fingerprint density at radius 3 is 2.89 bits per heavy atom. The van der Waals surface area contributed by atoms with E-state index in [1.165, 1.54) is 6.20 Å². The van der Waals surface area contributed by atoms with Crippen molar-refractivity contribution in [3.8, 4) is 0 Å². The van der Waals surface area contributed by atoms with Gasteiger partial charge in [-0.15, -0.1) is 0 Å². The molecule has 8 nitrogen and oxygen atoms in total. The molecule has 0 amide bonds. The Balaban J connectivity index is 1.64. The lowest BCUT2D eigenvalue weighted by Gasteiger charge is -2.27. The number of nitrogens with zero attached hydrogens (tertiary/aromatic N) is 3. The Morgan fingerprint density at radius 2 is 2.14 bits per heavy atom. The van der Waals surface area contributed by atoms with Crippen molar-refractivity contribution in [3.05, 3.63) is 56.5 Å². The molecular formula is C18H17ClN4O4S. The second kappa shape index (κ2) is 6.84. The van der Waals surface area contributed by atoms with Gasteiger partial charge in [-0.1, -0.05) is 11.6 Å². The molecule has 0 saturated carbocycles. The van der Waals surface area contributed by atoms with E-state index < -0.39 is 9.84 Å². The number of benzene rings is 1. The van der Waals surface area contributed by atoms with Gasteiger partial charge in [0.05, 0.1) is 16.6 Å². The number of fused-ring (bicyclic) bond motifs is 2. The third-order valence-corrected chi connectivity index (χ3v) is 5.78. The van der Waals surface area contributed by atoms with E-state index in [1.54, 1.807) is 18.2 Å². The lowest BCUT2D eigenvalue weighted by molar-refractivity contribution is 0.240. The predicted molar refractivity (Wildman–Crippen MR) is 105 cm³/mol. The molecule has 2 aromatic heterocycles. The molecule has 0 aliphatic carbocycles. The Kier molecular flexibility index (Phi) is 4.60. The molecular weight excluding hydrogens is 404 g/mol. The molecule has 0 atom stereocenters. The van der Waals surface area contributed by atoms with Crippen molar-refractivity contribution in [2.75, 3.05) is 18.5 Å². The molecule has 10 heteroatoms. The SMILES string of the molecule is CS(=O)(=O)c1ncc2c(n1)CCN(Cc1c(N)oc3ccc(Cl)cc3c1=O)C2. The summed E-state index contributed by atoms with van der Waals surface area (Å²) in [4.78, 5) is 23.0. The second-order valence-corrected chi connectivity index (χ2v) is 9.12. The van der Waals surface area contributed by atoms with Crippen molar-refractivity contribution in [3.63, 3.8) is 0 Å². The van der Waals surface area contributed by atoms with Gasteiger partial charge in [0.15, 0.2) is 11.3 Å². The highest BCUT2D eigenvalue weighted by Crippen LogP contribution is 2.24. The molecule has 4 rings (SSSR count). The standard InChI is InChI=1S/C18H17ClN4O4S/c1-28(25,26)18-21-7-10-8-23(5-4-14(10)22-18)9-13-16(24)12-6-11(19)2-3-15(12)27-17(13)20/h2-3,6-7H,4-5,8-9,20H2,1H3. The van der Waals surface area contributed by atoms with Crippen LogP contribution in [-0.2, 0) is 29.3 Å². The monoisotopic (exact) mass is 420 g/mol. The number of rotatable bonds is 3. The molecule has 1 aromatic carbocycles. The maximum absolute atomic E-state index is 12.9. The average molecular weight is 421 g/mol. The van der Waals surface area contributed by atoms with E-state index in [0.717, 1.165) is 11.8 Å². The zero-order valence-corrected chi connectivity index (χ0v) is 16.5. The molecule has 0 unspecified atom stereocenters. The van der Waals surface area contributed by atoms with Crippen molar-refractivity contribution < 1.29 is 12.8 Å². The maximum atomic E-state index is 12.9. The second-order valence-electron chi connectivity index (χ2n) is 6.77. The van der Waals surface area contributed by atoms with Crippen molar-refractivity contribution >= 4 is 38.3 Å². The third kappa shape index (κ3) is 3.48. The number of aromatic nitrogens is 2. The summed E-state index contributed by atoms with van der Waals surface area (Å²) in [6.07, 6.45) is 3.15. The normalized spacial score (nSPS) is 14.9. The van der Waals surface area contributed by atoms with Crippen LogP contribution in [0.2, 0.25) is 5.02 Å². The molecule has 3 aromatic rings. The van der Waals surface area contributed by atoms with Crippen LogP contribution in [0.5, 0.6) is 0 Å². The van der Waals surface area contributed by atoms with Crippen LogP contribution < -0.4 is 11.2 Å². The lowest BCUT2D eigenvalue weighted by atomic mass is 10.1. The summed E-state index contributed by atoms with van der Waals surface area (Å²) < 4.78 is 28.8. The summed E-state index contributed by atoms with van der Waals surface area (Å²) in [5.41, 5.74) is 8.06. The molecule has 0 bridgehead atoms. The summed E-state index contributed by atoms with van der Waals surface area (Å²) in [6, 6.07) is 4.82. The minimum atomic E-state index is -3.45. The van der Waals surface area contributed by atoms with Crippen LogP contribution in [0.1, 0.15) is 16.8 Å². The summed E-state index contributed by atoms with van der Waals surface area (Å²) in [7, 11) is -3.45. The van der Waals surface area contributed by atoms with Gasteiger partial charge in [0.1, 0.15) is 5.58 Å². The largest absolute Gasteiger partial charge is 0.440 e. The molecule has 3 heterocycles. The van der Waals surface area contributed by atoms with Crippen molar-refractivity contribution in [2.45, 2.75) is 24.7 Å². The van der Waals surface area contributed by atoms with Crippen LogP contribution in [0, 0.1) is 0 Å². The van der Waals surface area contributed by atoms with Crippen LogP contribution in [0.25, 0.3) is 11.0 Å². The highest BCUT2D eigenvalue weighted by molar-refractivity contribution is 7.90. The van der Waals surface area contributed by atoms with Crippen LogP contribution in [0.15, 0.2) is 38.8 Å². The molecule has 146 valence electrons. The molecule has 0 saturated heterocycles. The van der Waals surface area contributed by atoms with Gasteiger partial charge in [-0.25, -0.2) is 18.4 Å². The molecule has 1 aliphatic heterocycles. The van der Waals surface area contributed by atoms with E-state index in [9.17, 15) is 13.2 Å². The quantitative estimate of drug-likeness (QED) is 0.636. The van der Waals surface area contributed by atoms with E-state index >= 15 is 0 Å². The van der Waals surface area contributed by atoms with Gasteiger partial charge in [0, 0.05) is 49.1 Å². The molecule has 0 radical (unpaired) electrons. The number of halogens is 1. The van der Waals surface area contributed by atoms with Crippen LogP contribution in [0.4, 0.5) is 5.88 Å². The first-order valence-corrected chi connectivity index (χ1v) is 10.8. The van der Waals surface area contributed by atoms with E-state index in [2.05, 4.69) is 9.97 Å². The van der Waals surface area contributed by atoms with Crippen LogP contribution in [0.3, 0.4) is 0 Å². The number of nitrogen functional groups attached to an aromatic ring is 1. The van der Waals surface area contributed by atoms with Crippen LogP contribution >= 0.6 is 11.6 Å². The number of sulfone groups is 1. The zero-order valence-electron chi connectivity index (χ0n) is 15.0. The van der Waals surface area contributed by atoms with Gasteiger partial charge >= 0.3 is 0 Å². The molecule has 0 spiro atoms. The minimum absolute atomic E-state index is 0.0780. The fourth-order valence-electron chi connectivity index (χ4n) is 3.27. The van der Waals surface area contributed by atoms with Crippen LogP contribution in [-0.4, -0.2) is 36.1 Å². The first-order valence-electron chi connectivity index (χ1n) is 8.50. The van der Waals surface area contributed by atoms with E-state index in [-0.39, 0.29) is 16.5 Å². The first-order chi connectivity index (χ1) is 13.2. The van der Waals surface area contributed by atoms with Crippen molar-refractivity contribution in [1.29, 1.82) is 0 Å². The Morgan fingerprint density at radius 1 is 1.36 bits per heavy atom. The van der Waals surface area contributed by atoms with Gasteiger partial charge in [-0.2, -0.15) is 0 Å². The van der Waals surface area contributed by atoms with E-state index in [0.29, 0.717) is 53.3 Å². The van der Waals surface area contributed by atoms with Gasteiger partial charge in [-0.05, 0) is 18.2 Å².